The van der Waals surface area contributed by atoms with Crippen molar-refractivity contribution in [1.29, 1.82) is 0 Å². The Kier molecular flexibility index (Phi) is 7.16. The number of hydrogen-bond donors (Lipinski definition) is 0. The minimum Gasteiger partial charge on any atom is -0.495 e. The summed E-state index contributed by atoms with van der Waals surface area (Å²) in [7, 11) is 3.54. The molecular weight excluding hydrogens is 493 g/mol. The van der Waals surface area contributed by atoms with Gasteiger partial charge in [-0.1, -0.05) is 89.9 Å². The zero-order valence-electron chi connectivity index (χ0n) is 20.6. The fraction of sp³-hybridized carbons (Fsp3) is 0.345. The first kappa shape index (κ1) is 24.9. The van der Waals surface area contributed by atoms with Gasteiger partial charge in [0.25, 0.3) is 5.91 Å². The van der Waals surface area contributed by atoms with E-state index in [0.717, 1.165) is 44.0 Å². The molecule has 188 valence electrons. The van der Waals surface area contributed by atoms with E-state index < -0.39 is 4.33 Å². The van der Waals surface area contributed by atoms with Crippen molar-refractivity contribution >= 4 is 34.8 Å². The summed E-state index contributed by atoms with van der Waals surface area (Å²) in [6, 6.07) is 25.7. The van der Waals surface area contributed by atoms with Crippen LogP contribution in [-0.4, -0.2) is 62.1 Å². The summed E-state index contributed by atoms with van der Waals surface area (Å²) in [6.07, 6.45) is 0.885. The van der Waals surface area contributed by atoms with Crippen molar-refractivity contribution in [3.63, 3.8) is 0 Å². The smallest absolute Gasteiger partial charge is 0.263 e. The molecule has 0 aromatic heterocycles. The Morgan fingerprint density at radius 2 is 1.56 bits per heavy atom. The van der Waals surface area contributed by atoms with Gasteiger partial charge in [-0.25, -0.2) is 0 Å². The summed E-state index contributed by atoms with van der Waals surface area (Å²) >= 11 is 13.4. The average Bonchev–Trinajstić information content (AvgIpc) is 3.32. The summed E-state index contributed by atoms with van der Waals surface area (Å²) < 4.78 is 3.93. The van der Waals surface area contributed by atoms with Gasteiger partial charge >= 0.3 is 0 Å². The van der Waals surface area contributed by atoms with Gasteiger partial charge in [0.1, 0.15) is 5.75 Å². The maximum atomic E-state index is 13.7. The number of piperazine rings is 1. The van der Waals surface area contributed by atoms with Gasteiger partial charge in [0.2, 0.25) is 4.33 Å². The number of amides is 1. The molecule has 0 saturated carbocycles. The Hall–Kier alpha value is -2.73. The highest BCUT2D eigenvalue weighted by molar-refractivity contribution is 6.57. The van der Waals surface area contributed by atoms with Gasteiger partial charge < -0.3 is 14.5 Å². The minimum atomic E-state index is -1.65. The second-order valence-electron chi connectivity index (χ2n) is 9.47. The van der Waals surface area contributed by atoms with Crippen LogP contribution in [0.3, 0.4) is 0 Å². The van der Waals surface area contributed by atoms with Crippen LogP contribution in [0.1, 0.15) is 22.7 Å². The number of carbonyl (C=O) groups is 1. The molecule has 2 unspecified atom stereocenters. The van der Waals surface area contributed by atoms with E-state index in [1.54, 1.807) is 24.1 Å². The van der Waals surface area contributed by atoms with Crippen molar-refractivity contribution in [2.24, 2.45) is 0 Å². The van der Waals surface area contributed by atoms with Crippen molar-refractivity contribution in [2.45, 2.75) is 22.8 Å². The van der Waals surface area contributed by atoms with Gasteiger partial charge in [-0.15, -0.1) is 0 Å². The molecule has 1 fully saturated rings. The van der Waals surface area contributed by atoms with Gasteiger partial charge in [0, 0.05) is 39.3 Å². The summed E-state index contributed by atoms with van der Waals surface area (Å²) in [6.45, 7) is 3.55. The minimum absolute atomic E-state index is 0.132. The largest absolute Gasteiger partial charge is 0.495 e. The number of ether oxygens (including phenoxy) is 1. The number of alkyl halides is 2. The molecule has 1 aliphatic heterocycles. The highest BCUT2D eigenvalue weighted by Crippen LogP contribution is 2.43. The molecule has 0 bridgehead atoms. The molecule has 2 aliphatic rings. The SMILES string of the molecule is COc1ccccc1N1CCN(C2Cc3ccccc3C2N(C)C(=O)C(Cl)(Cl)c2ccccc2)CC1. The molecule has 1 saturated heterocycles. The van der Waals surface area contributed by atoms with Gasteiger partial charge in [-0.2, -0.15) is 0 Å². The van der Waals surface area contributed by atoms with Gasteiger partial charge in [-0.05, 0) is 35.2 Å². The van der Waals surface area contributed by atoms with Crippen LogP contribution in [0.15, 0.2) is 78.9 Å². The Morgan fingerprint density at radius 3 is 2.28 bits per heavy atom. The van der Waals surface area contributed by atoms with Crippen LogP contribution >= 0.6 is 23.2 Å². The topological polar surface area (TPSA) is 36.0 Å². The molecular formula is C29H31Cl2N3O2. The predicted octanol–water partition coefficient (Wildman–Crippen LogP) is 5.27. The molecule has 1 heterocycles. The van der Waals surface area contributed by atoms with Crippen molar-refractivity contribution in [3.05, 3.63) is 95.6 Å². The molecule has 1 aliphatic carbocycles. The first-order valence-corrected chi connectivity index (χ1v) is 13.1. The molecule has 0 spiro atoms. The second kappa shape index (κ2) is 10.3. The Balaban J connectivity index is 1.38. The molecule has 0 N–H and O–H groups in total. The Labute approximate surface area is 223 Å². The molecule has 1 amide bonds. The quantitative estimate of drug-likeness (QED) is 0.412. The van der Waals surface area contributed by atoms with Gasteiger partial charge in [-0.3, -0.25) is 9.69 Å². The lowest BCUT2D eigenvalue weighted by atomic mass is 10.0. The van der Waals surface area contributed by atoms with E-state index >= 15 is 0 Å². The monoisotopic (exact) mass is 523 g/mol. The van der Waals surface area contributed by atoms with Crippen molar-refractivity contribution < 1.29 is 9.53 Å². The summed E-state index contributed by atoms with van der Waals surface area (Å²) in [5.74, 6) is 0.584. The third-order valence-electron chi connectivity index (χ3n) is 7.52. The molecule has 5 nitrogen and oxygen atoms in total. The molecule has 3 aromatic rings. The molecule has 5 rings (SSSR count). The van der Waals surface area contributed by atoms with E-state index in [1.807, 2.05) is 49.5 Å². The van der Waals surface area contributed by atoms with Crippen LogP contribution in [0.2, 0.25) is 0 Å². The lowest BCUT2D eigenvalue weighted by Gasteiger charge is -2.43. The summed E-state index contributed by atoms with van der Waals surface area (Å²) in [5.41, 5.74) is 4.14. The maximum absolute atomic E-state index is 13.7. The number of rotatable bonds is 6. The molecule has 7 heteroatoms. The van der Waals surface area contributed by atoms with Crippen LogP contribution in [0.5, 0.6) is 5.75 Å². The van der Waals surface area contributed by atoms with Crippen molar-refractivity contribution in [3.8, 4) is 5.75 Å². The number of anilines is 1. The predicted molar refractivity (Wildman–Crippen MR) is 146 cm³/mol. The first-order chi connectivity index (χ1) is 17.4. The van der Waals surface area contributed by atoms with Crippen LogP contribution in [0, 0.1) is 0 Å². The Bertz CT molecular complexity index is 1210. The standard InChI is InChI=1S/C29H31Cl2N3O2/c1-32(28(35)29(30,31)22-11-4-3-5-12-22)27-23-13-7-6-10-21(23)20-25(27)34-18-16-33(17-19-34)24-14-8-9-15-26(24)36-2/h3-15,25,27H,16-20H2,1-2H3. The zero-order valence-corrected chi connectivity index (χ0v) is 22.1. The Morgan fingerprint density at radius 1 is 0.917 bits per heavy atom. The number of halogens is 2. The number of hydrogen-bond acceptors (Lipinski definition) is 4. The summed E-state index contributed by atoms with van der Waals surface area (Å²) in [4.78, 5) is 20.4. The average molecular weight is 524 g/mol. The van der Waals surface area contributed by atoms with E-state index in [4.69, 9.17) is 27.9 Å². The number of nitrogens with zero attached hydrogens (tertiary/aromatic N) is 3. The first-order valence-electron chi connectivity index (χ1n) is 12.3. The molecule has 3 aromatic carbocycles. The summed E-state index contributed by atoms with van der Waals surface area (Å²) in [5, 5.41) is 0. The number of carbonyl (C=O) groups excluding carboxylic acids is 1. The lowest BCUT2D eigenvalue weighted by molar-refractivity contribution is -0.134. The van der Waals surface area contributed by atoms with E-state index in [-0.39, 0.29) is 18.0 Å². The maximum Gasteiger partial charge on any atom is 0.263 e. The third-order valence-corrected chi connectivity index (χ3v) is 8.28. The number of likely N-dealkylation sites (N-methyl/N-ethyl adjacent to an activating group) is 1. The second-order valence-corrected chi connectivity index (χ2v) is 10.8. The number of methoxy groups -OCH3 is 1. The van der Waals surface area contributed by atoms with Crippen LogP contribution in [0.25, 0.3) is 0 Å². The highest BCUT2D eigenvalue weighted by Gasteiger charge is 2.46. The zero-order chi connectivity index (χ0) is 25.3. The molecule has 0 radical (unpaired) electrons. The van der Waals surface area contributed by atoms with Crippen LogP contribution in [0.4, 0.5) is 5.69 Å². The molecule has 2 atom stereocenters. The number of para-hydroxylation sites is 2. The van der Waals surface area contributed by atoms with Gasteiger partial charge in [0.05, 0.1) is 18.8 Å². The lowest BCUT2D eigenvalue weighted by Crippen LogP contribution is -2.54. The van der Waals surface area contributed by atoms with Crippen LogP contribution in [-0.2, 0) is 15.5 Å². The van der Waals surface area contributed by atoms with E-state index in [1.165, 1.54) is 11.1 Å². The normalized spacial score (nSPS) is 20.2. The van der Waals surface area contributed by atoms with Crippen molar-refractivity contribution in [2.75, 3.05) is 45.2 Å². The fourth-order valence-electron chi connectivity index (χ4n) is 5.65. The number of fused-ring (bicyclic) bond motifs is 1. The van der Waals surface area contributed by atoms with Crippen molar-refractivity contribution in [1.82, 2.24) is 9.80 Å². The van der Waals surface area contributed by atoms with E-state index in [0.29, 0.717) is 5.56 Å². The van der Waals surface area contributed by atoms with E-state index in [2.05, 4.69) is 34.1 Å². The highest BCUT2D eigenvalue weighted by atomic mass is 35.5. The van der Waals surface area contributed by atoms with E-state index in [9.17, 15) is 4.79 Å². The molecule has 36 heavy (non-hydrogen) atoms. The third kappa shape index (κ3) is 4.56. The fourth-order valence-corrected chi connectivity index (χ4v) is 6.17. The number of benzene rings is 3. The van der Waals surface area contributed by atoms with Crippen LogP contribution < -0.4 is 9.64 Å². The van der Waals surface area contributed by atoms with Gasteiger partial charge in [0.15, 0.2) is 0 Å².